The largest absolute Gasteiger partial charge is 0.360 e. The molecule has 2 rings (SSSR count). The first-order valence-corrected chi connectivity index (χ1v) is 6.01. The topological polar surface area (TPSA) is 75.4 Å². The van der Waals surface area contributed by atoms with Gasteiger partial charge in [0, 0.05) is 25.1 Å². The lowest BCUT2D eigenvalue weighted by atomic mass is 10.1. The van der Waals surface area contributed by atoms with Gasteiger partial charge < -0.3 is 9.84 Å². The van der Waals surface area contributed by atoms with Crippen molar-refractivity contribution in [1.82, 2.24) is 10.5 Å². The lowest BCUT2D eigenvalue weighted by Crippen LogP contribution is -2.37. The lowest BCUT2D eigenvalue weighted by molar-refractivity contribution is -0.126. The second-order valence-electron chi connectivity index (χ2n) is 4.86. The Morgan fingerprint density at radius 3 is 2.89 bits per heavy atom. The van der Waals surface area contributed by atoms with Crippen LogP contribution in [0.1, 0.15) is 26.0 Å². The Hall–Kier alpha value is -1.85. The number of hydrogen-bond donors (Lipinski definition) is 1. The molecule has 1 aliphatic heterocycles. The van der Waals surface area contributed by atoms with Crippen LogP contribution in [0, 0.1) is 12.8 Å². The van der Waals surface area contributed by atoms with E-state index in [4.69, 9.17) is 4.52 Å². The van der Waals surface area contributed by atoms with Crippen molar-refractivity contribution in [3.05, 3.63) is 11.8 Å². The summed E-state index contributed by atoms with van der Waals surface area (Å²) in [5.41, 5.74) is 0. The zero-order valence-corrected chi connectivity index (χ0v) is 10.8. The highest BCUT2D eigenvalue weighted by Crippen LogP contribution is 2.24. The molecule has 98 valence electrons. The van der Waals surface area contributed by atoms with Crippen LogP contribution in [0.15, 0.2) is 10.6 Å². The number of carbonyl (C=O) groups excluding carboxylic acids is 2. The molecule has 6 nitrogen and oxygen atoms in total. The third-order valence-electron chi connectivity index (χ3n) is 2.82. The molecule has 1 fully saturated rings. The minimum Gasteiger partial charge on any atom is -0.360 e. The minimum atomic E-state index is -0.308. The molecule has 0 spiro atoms. The fourth-order valence-corrected chi connectivity index (χ4v) is 1.99. The van der Waals surface area contributed by atoms with E-state index in [2.05, 4.69) is 10.5 Å². The number of aryl methyl sites for hydroxylation is 1. The van der Waals surface area contributed by atoms with E-state index in [1.165, 1.54) is 4.90 Å². The lowest BCUT2D eigenvalue weighted by Gasteiger charge is -2.14. The van der Waals surface area contributed by atoms with E-state index >= 15 is 0 Å². The number of carbonyl (C=O) groups is 2. The van der Waals surface area contributed by atoms with Gasteiger partial charge in [0.2, 0.25) is 11.8 Å². The van der Waals surface area contributed by atoms with Crippen molar-refractivity contribution in [1.29, 1.82) is 0 Å². The van der Waals surface area contributed by atoms with Crippen LogP contribution in [0.25, 0.3) is 0 Å². The van der Waals surface area contributed by atoms with Crippen molar-refractivity contribution in [2.45, 2.75) is 33.2 Å². The molecular formula is C12H17N3O3. The van der Waals surface area contributed by atoms with E-state index in [0.717, 1.165) is 0 Å². The number of anilines is 1. The minimum absolute atomic E-state index is 0.0796. The monoisotopic (exact) mass is 251 g/mol. The van der Waals surface area contributed by atoms with Gasteiger partial charge in [-0.15, -0.1) is 0 Å². The van der Waals surface area contributed by atoms with Gasteiger partial charge in [-0.05, 0) is 20.8 Å². The summed E-state index contributed by atoms with van der Waals surface area (Å²) in [6.07, 6.45) is 0.227. The maximum Gasteiger partial charge on any atom is 0.229 e. The van der Waals surface area contributed by atoms with Crippen molar-refractivity contribution in [3.63, 3.8) is 0 Å². The van der Waals surface area contributed by atoms with Crippen molar-refractivity contribution >= 4 is 17.6 Å². The van der Waals surface area contributed by atoms with Gasteiger partial charge in [0.1, 0.15) is 5.76 Å². The third kappa shape index (κ3) is 2.52. The maximum absolute atomic E-state index is 11.8. The molecule has 0 bridgehead atoms. The Bertz CT molecular complexity index is 467. The van der Waals surface area contributed by atoms with E-state index < -0.39 is 0 Å². The molecule has 6 heteroatoms. The van der Waals surface area contributed by atoms with Crippen LogP contribution >= 0.6 is 0 Å². The summed E-state index contributed by atoms with van der Waals surface area (Å²) in [6.45, 7) is 5.92. The van der Waals surface area contributed by atoms with Crippen LogP contribution in [0.2, 0.25) is 0 Å². The molecule has 1 aliphatic rings. The van der Waals surface area contributed by atoms with E-state index in [0.29, 0.717) is 18.1 Å². The Morgan fingerprint density at radius 2 is 2.33 bits per heavy atom. The molecule has 1 saturated heterocycles. The van der Waals surface area contributed by atoms with E-state index in [-0.39, 0.29) is 30.2 Å². The fourth-order valence-electron chi connectivity index (χ4n) is 1.99. The third-order valence-corrected chi connectivity index (χ3v) is 2.82. The number of aromatic nitrogens is 1. The SMILES string of the molecule is Cc1cc(N2CC(C(=O)NC(C)C)CC2=O)no1. The highest BCUT2D eigenvalue weighted by atomic mass is 16.5. The number of nitrogens with one attached hydrogen (secondary N) is 1. The molecule has 0 aliphatic carbocycles. The van der Waals surface area contributed by atoms with E-state index in [1.54, 1.807) is 13.0 Å². The molecule has 0 radical (unpaired) electrons. The number of amides is 2. The molecule has 0 saturated carbocycles. The van der Waals surface area contributed by atoms with Crippen LogP contribution in [-0.2, 0) is 9.59 Å². The van der Waals surface area contributed by atoms with Crippen LogP contribution in [0.3, 0.4) is 0 Å². The summed E-state index contributed by atoms with van der Waals surface area (Å²) < 4.78 is 4.94. The standard InChI is InChI=1S/C12H17N3O3/c1-7(2)13-12(17)9-5-11(16)15(6-9)10-4-8(3)18-14-10/h4,7,9H,5-6H2,1-3H3,(H,13,17). The zero-order valence-electron chi connectivity index (χ0n) is 10.8. The van der Waals surface area contributed by atoms with E-state index in [1.807, 2.05) is 13.8 Å². The smallest absolute Gasteiger partial charge is 0.229 e. The van der Waals surface area contributed by atoms with Gasteiger partial charge in [-0.3, -0.25) is 14.5 Å². The van der Waals surface area contributed by atoms with Gasteiger partial charge in [-0.2, -0.15) is 0 Å². The highest BCUT2D eigenvalue weighted by Gasteiger charge is 2.36. The van der Waals surface area contributed by atoms with Crippen molar-refractivity contribution in [2.75, 3.05) is 11.4 Å². The summed E-state index contributed by atoms with van der Waals surface area (Å²) in [4.78, 5) is 25.2. The first kappa shape index (κ1) is 12.6. The average Bonchev–Trinajstić information content (AvgIpc) is 2.83. The van der Waals surface area contributed by atoms with E-state index in [9.17, 15) is 9.59 Å². The average molecular weight is 251 g/mol. The molecule has 1 atom stereocenters. The van der Waals surface area contributed by atoms with Gasteiger partial charge in [0.15, 0.2) is 5.82 Å². The van der Waals surface area contributed by atoms with Crippen molar-refractivity contribution in [2.24, 2.45) is 5.92 Å². The van der Waals surface area contributed by atoms with Crippen molar-refractivity contribution < 1.29 is 14.1 Å². The van der Waals surface area contributed by atoms with Crippen LogP contribution in [0.5, 0.6) is 0 Å². The molecule has 1 N–H and O–H groups in total. The van der Waals surface area contributed by atoms with Crippen LogP contribution in [-0.4, -0.2) is 29.6 Å². The molecule has 1 unspecified atom stereocenters. The molecule has 2 heterocycles. The summed E-state index contributed by atoms with van der Waals surface area (Å²) in [7, 11) is 0. The predicted molar refractivity (Wildman–Crippen MR) is 65.0 cm³/mol. The first-order chi connectivity index (χ1) is 8.47. The normalized spacial score (nSPS) is 19.7. The van der Waals surface area contributed by atoms with Gasteiger partial charge in [-0.1, -0.05) is 5.16 Å². The molecule has 18 heavy (non-hydrogen) atoms. The number of hydrogen-bond acceptors (Lipinski definition) is 4. The second kappa shape index (κ2) is 4.80. The quantitative estimate of drug-likeness (QED) is 0.864. The predicted octanol–water partition coefficient (Wildman–Crippen LogP) is 0.861. The Morgan fingerprint density at radius 1 is 1.61 bits per heavy atom. The Kier molecular flexibility index (Phi) is 3.36. The van der Waals surface area contributed by atoms with Gasteiger partial charge >= 0.3 is 0 Å². The highest BCUT2D eigenvalue weighted by molar-refractivity contribution is 5.99. The van der Waals surface area contributed by atoms with Gasteiger partial charge in [-0.25, -0.2) is 0 Å². The van der Waals surface area contributed by atoms with Gasteiger partial charge in [0.25, 0.3) is 0 Å². The molecule has 0 aromatic carbocycles. The fraction of sp³-hybridized carbons (Fsp3) is 0.583. The Labute approximate surface area is 105 Å². The van der Waals surface area contributed by atoms with Crippen molar-refractivity contribution in [3.8, 4) is 0 Å². The molecule has 2 amide bonds. The molecule has 1 aromatic heterocycles. The zero-order chi connectivity index (χ0) is 13.3. The van der Waals surface area contributed by atoms with Crippen LogP contribution in [0.4, 0.5) is 5.82 Å². The summed E-state index contributed by atoms with van der Waals surface area (Å²) in [5, 5.41) is 6.62. The summed E-state index contributed by atoms with van der Waals surface area (Å²) in [5.74, 6) is 0.649. The van der Waals surface area contributed by atoms with Crippen LogP contribution < -0.4 is 10.2 Å². The number of rotatable bonds is 3. The first-order valence-electron chi connectivity index (χ1n) is 6.01. The second-order valence-corrected chi connectivity index (χ2v) is 4.86. The molecular weight excluding hydrogens is 234 g/mol. The molecule has 1 aromatic rings. The van der Waals surface area contributed by atoms with Gasteiger partial charge in [0.05, 0.1) is 5.92 Å². The summed E-state index contributed by atoms with van der Waals surface area (Å²) in [6, 6.07) is 1.77. The Balaban J connectivity index is 2.05. The summed E-state index contributed by atoms with van der Waals surface area (Å²) >= 11 is 0. The number of nitrogens with zero attached hydrogens (tertiary/aromatic N) is 2. The maximum atomic E-state index is 11.8.